The Morgan fingerprint density at radius 3 is 1.63 bits per heavy atom. The van der Waals surface area contributed by atoms with E-state index < -0.39 is 92.0 Å². The van der Waals surface area contributed by atoms with E-state index in [4.69, 9.17) is 41.0 Å². The maximum atomic E-state index is 11.7. The number of rotatable bonds is 7. The zero-order chi connectivity index (χ0) is 41.1. The first-order valence-corrected chi connectivity index (χ1v) is 17.9. The van der Waals surface area contributed by atoms with Gasteiger partial charge in [0.2, 0.25) is 0 Å². The first-order chi connectivity index (χ1) is 27.3. The number of nitrogen functional groups attached to an aromatic ring is 2. The van der Waals surface area contributed by atoms with Gasteiger partial charge in [-0.1, -0.05) is 15.9 Å². The monoisotopic (exact) mass is 866 g/mol. The second-order valence-electron chi connectivity index (χ2n) is 12.8. The Morgan fingerprint density at radius 1 is 0.719 bits per heavy atom. The molecule has 5 aromatic rings. The quantitative estimate of drug-likeness (QED) is 0.0735. The number of aliphatic hydroxyl groups is 8. The van der Waals surface area contributed by atoms with Crippen LogP contribution < -0.4 is 22.7 Å². The fourth-order valence-electron chi connectivity index (χ4n) is 6.28. The smallest absolute Gasteiger partial charge is 0.330 e. The van der Waals surface area contributed by atoms with Crippen molar-refractivity contribution in [2.24, 2.45) is 0 Å². The zero-order valence-corrected chi connectivity index (χ0v) is 31.0. The van der Waals surface area contributed by atoms with Gasteiger partial charge in [0.1, 0.15) is 72.6 Å². The van der Waals surface area contributed by atoms with Gasteiger partial charge >= 0.3 is 5.69 Å². The van der Waals surface area contributed by atoms with E-state index in [9.17, 15) is 35.1 Å². The van der Waals surface area contributed by atoms with Crippen LogP contribution in [0.4, 0.5) is 11.6 Å². The first kappa shape index (κ1) is 41.8. The number of halogens is 1. The van der Waals surface area contributed by atoms with Gasteiger partial charge in [0.05, 0.1) is 44.1 Å². The van der Waals surface area contributed by atoms with E-state index in [1.54, 1.807) is 0 Å². The second-order valence-corrected chi connectivity index (χ2v) is 13.3. The fraction of sp³-hybridized carbons (Fsp3) is 0.484. The molecule has 3 saturated heterocycles. The Kier molecular flexibility index (Phi) is 13.0. The minimum absolute atomic E-state index is 0.175. The lowest BCUT2D eigenvalue weighted by Crippen LogP contribution is -2.33. The van der Waals surface area contributed by atoms with Gasteiger partial charge in [-0.3, -0.25) is 23.5 Å². The van der Waals surface area contributed by atoms with Gasteiger partial charge in [-0.05, 0) is 11.1 Å². The standard InChI is InChI=1S/C11H13BrN2O5.2C10H13N5O4/c12-2-1-6-4-14(11(18)13-10(6)17)9-3-7(16)8(5-15)19-9;2*11-8-5-9(13-2-12-8)15(3-14-5)10-7(18)6(17)4(1-16)19-10/h1-2,4,7-9,15-16H,3,5H2,(H,13,17,18);2*2-4,6-7,10,16-18H,1H2,(H2,11,12,13)/t7-,8+,9+;2*4-,6-,7-,10-/m011/s1. The topological polar surface area (TPSA) is 384 Å². The van der Waals surface area contributed by atoms with E-state index in [0.717, 1.165) is 0 Å². The Labute approximate surface area is 327 Å². The third-order valence-corrected chi connectivity index (χ3v) is 9.55. The summed E-state index contributed by atoms with van der Waals surface area (Å²) in [5.74, 6) is 0.436. The maximum Gasteiger partial charge on any atom is 0.330 e. The Hall–Kier alpha value is -4.84. The summed E-state index contributed by atoms with van der Waals surface area (Å²) in [7, 11) is 0. The molecule has 57 heavy (non-hydrogen) atoms. The molecule has 11 atom stereocenters. The highest BCUT2D eigenvalue weighted by atomic mass is 79.9. The molecule has 0 spiro atoms. The van der Waals surface area contributed by atoms with Crippen LogP contribution in [-0.4, -0.2) is 158 Å². The van der Waals surface area contributed by atoms with Crippen molar-refractivity contribution in [1.29, 1.82) is 0 Å². The van der Waals surface area contributed by atoms with Crippen LogP contribution in [-0.2, 0) is 14.2 Å². The maximum absolute atomic E-state index is 11.7. The predicted molar refractivity (Wildman–Crippen MR) is 196 cm³/mol. The molecule has 3 aliphatic rings. The number of aliphatic hydroxyl groups excluding tert-OH is 8. The largest absolute Gasteiger partial charge is 0.394 e. The molecule has 26 heteroatoms. The number of ether oxygens (including phenoxy) is 3. The highest BCUT2D eigenvalue weighted by molar-refractivity contribution is 9.11. The van der Waals surface area contributed by atoms with E-state index in [0.29, 0.717) is 22.3 Å². The third-order valence-electron chi connectivity index (χ3n) is 9.29. The number of nitrogens with one attached hydrogen (secondary N) is 1. The van der Waals surface area contributed by atoms with Crippen molar-refractivity contribution in [3.05, 3.63) is 62.9 Å². The van der Waals surface area contributed by atoms with Crippen molar-refractivity contribution in [1.82, 2.24) is 48.6 Å². The van der Waals surface area contributed by atoms with Crippen LogP contribution in [0.2, 0.25) is 0 Å². The van der Waals surface area contributed by atoms with Crippen molar-refractivity contribution < 1.29 is 55.1 Å². The lowest BCUT2D eigenvalue weighted by Gasteiger charge is -2.16. The minimum Gasteiger partial charge on any atom is -0.394 e. The Morgan fingerprint density at radius 2 is 1.21 bits per heavy atom. The lowest BCUT2D eigenvalue weighted by molar-refractivity contribution is -0.0511. The highest BCUT2D eigenvalue weighted by Gasteiger charge is 2.45. The van der Waals surface area contributed by atoms with E-state index in [1.165, 1.54) is 56.3 Å². The molecule has 8 heterocycles. The molecule has 0 aromatic carbocycles. The van der Waals surface area contributed by atoms with E-state index in [2.05, 4.69) is 50.8 Å². The molecule has 8 rings (SSSR count). The molecule has 0 amide bonds. The summed E-state index contributed by atoms with van der Waals surface area (Å²) < 4.78 is 20.3. The molecule has 308 valence electrons. The summed E-state index contributed by atoms with van der Waals surface area (Å²) in [4.78, 5) is 50.7. The predicted octanol–water partition coefficient (Wildman–Crippen LogP) is -4.42. The molecule has 13 N–H and O–H groups in total. The number of anilines is 2. The summed E-state index contributed by atoms with van der Waals surface area (Å²) in [5.41, 5.74) is 12.0. The molecule has 0 unspecified atom stereocenters. The number of nitrogens with zero attached hydrogens (tertiary/aromatic N) is 9. The number of fused-ring (bicyclic) bond motifs is 2. The number of hydrogen-bond donors (Lipinski definition) is 11. The van der Waals surface area contributed by atoms with Crippen LogP contribution in [0.3, 0.4) is 0 Å². The molecule has 0 aliphatic carbocycles. The molecule has 0 saturated carbocycles. The van der Waals surface area contributed by atoms with Gasteiger partial charge in [-0.25, -0.2) is 34.7 Å². The van der Waals surface area contributed by atoms with Gasteiger partial charge in [0, 0.05) is 12.6 Å². The van der Waals surface area contributed by atoms with Gasteiger partial charge < -0.3 is 66.5 Å². The number of nitrogens with two attached hydrogens (primary N) is 2. The van der Waals surface area contributed by atoms with E-state index in [-0.39, 0.29) is 30.2 Å². The third kappa shape index (κ3) is 8.29. The van der Waals surface area contributed by atoms with E-state index in [1.807, 2.05) is 0 Å². The highest BCUT2D eigenvalue weighted by Crippen LogP contribution is 2.33. The van der Waals surface area contributed by atoms with Crippen LogP contribution >= 0.6 is 15.9 Å². The van der Waals surface area contributed by atoms with Gasteiger partial charge in [0.25, 0.3) is 5.56 Å². The molecule has 0 bridgehead atoms. The molecule has 3 fully saturated rings. The Bertz CT molecular complexity index is 2200. The summed E-state index contributed by atoms with van der Waals surface area (Å²) in [6, 6.07) is 0. The van der Waals surface area contributed by atoms with Crippen molar-refractivity contribution >= 4 is 56.0 Å². The minimum atomic E-state index is -1.19. The number of aromatic amines is 1. The van der Waals surface area contributed by atoms with Crippen LogP contribution in [0.25, 0.3) is 28.4 Å². The van der Waals surface area contributed by atoms with Crippen molar-refractivity contribution in [2.75, 3.05) is 31.3 Å². The summed E-state index contributed by atoms with van der Waals surface area (Å²) in [6.07, 6.45) is -2.10. The second kappa shape index (κ2) is 17.7. The van der Waals surface area contributed by atoms with Gasteiger partial charge in [-0.2, -0.15) is 0 Å². The van der Waals surface area contributed by atoms with Crippen LogP contribution in [0, 0.1) is 0 Å². The first-order valence-electron chi connectivity index (χ1n) is 17.0. The van der Waals surface area contributed by atoms with Crippen molar-refractivity contribution in [3.8, 4) is 0 Å². The average Bonchev–Trinajstić information content (AvgIpc) is 4.02. The van der Waals surface area contributed by atoms with Crippen LogP contribution in [0.1, 0.15) is 30.7 Å². The summed E-state index contributed by atoms with van der Waals surface area (Å²) >= 11 is 3.05. The SMILES string of the molecule is Nc1ncnc2c1ncn2[C@@H]1O[C@H](CO)[C@@H](O)[C@H]1O.Nc1ncnc2c1ncn2[C@@H]1O[C@H](CO)[C@@H](O)[C@H]1O.O=c1[nH]c(=O)n([C@H]2C[C@H](O)[C@@H](CO)O2)cc1C=CBr. The summed E-state index contributed by atoms with van der Waals surface area (Å²) in [6.45, 7) is -1.11. The van der Waals surface area contributed by atoms with Crippen molar-refractivity contribution in [2.45, 2.75) is 73.9 Å². The number of aromatic nitrogens is 10. The average molecular weight is 868 g/mol. The number of H-pyrrole nitrogens is 1. The fourth-order valence-corrected chi connectivity index (χ4v) is 6.57. The lowest BCUT2D eigenvalue weighted by atomic mass is 10.1. The van der Waals surface area contributed by atoms with E-state index >= 15 is 0 Å². The van der Waals surface area contributed by atoms with Gasteiger partial charge in [0.15, 0.2) is 35.4 Å². The number of imidazole rings is 2. The molecule has 25 nitrogen and oxygen atoms in total. The van der Waals surface area contributed by atoms with Crippen LogP contribution in [0.5, 0.6) is 0 Å². The van der Waals surface area contributed by atoms with Crippen molar-refractivity contribution in [3.63, 3.8) is 0 Å². The molecule has 0 radical (unpaired) electrons. The normalized spacial score (nSPS) is 29.8. The van der Waals surface area contributed by atoms with Crippen LogP contribution in [0.15, 0.2) is 46.1 Å². The Balaban J connectivity index is 0.000000145. The molecule has 3 aliphatic heterocycles. The molecular formula is C31H39BrN12O13. The zero-order valence-electron chi connectivity index (χ0n) is 29.4. The van der Waals surface area contributed by atoms with Gasteiger partial charge in [-0.15, -0.1) is 0 Å². The number of hydrogen-bond acceptors (Lipinski definition) is 21. The summed E-state index contributed by atoms with van der Waals surface area (Å²) in [5, 5.41) is 76.1. The molecular weight excluding hydrogens is 828 g/mol. The molecule has 5 aromatic heterocycles.